The van der Waals surface area contributed by atoms with Gasteiger partial charge in [-0.25, -0.2) is 17.4 Å². The number of nitrogens with zero attached hydrogens (tertiary/aromatic N) is 3. The minimum Gasteiger partial charge on any atom is -0.349 e. The van der Waals surface area contributed by atoms with Crippen molar-refractivity contribution in [1.82, 2.24) is 19.4 Å². The molecule has 7 nitrogen and oxygen atoms in total. The molecule has 2 aromatic rings. The summed E-state index contributed by atoms with van der Waals surface area (Å²) in [6.07, 6.45) is 2.27. The number of nitrogens with one attached hydrogen (secondary N) is 1. The SMILES string of the molecule is O=C(NCCN1CCCS1(=O)=O)c1ccn(-c2ccc(Cl)c(Cl)c2)n1. The molecule has 1 aliphatic rings. The van der Waals surface area contributed by atoms with Crippen LogP contribution in [0.4, 0.5) is 0 Å². The number of hydrogen-bond donors (Lipinski definition) is 1. The Bertz CT molecular complexity index is 898. The molecule has 3 rings (SSSR count). The van der Waals surface area contributed by atoms with Gasteiger partial charge < -0.3 is 5.32 Å². The number of rotatable bonds is 5. The van der Waals surface area contributed by atoms with Crippen LogP contribution in [0, 0.1) is 0 Å². The number of halogens is 2. The lowest BCUT2D eigenvalue weighted by atomic mass is 10.3. The molecule has 1 N–H and O–H groups in total. The van der Waals surface area contributed by atoms with Crippen molar-refractivity contribution >= 4 is 39.1 Å². The van der Waals surface area contributed by atoms with E-state index in [1.54, 1.807) is 30.5 Å². The van der Waals surface area contributed by atoms with Crippen LogP contribution < -0.4 is 5.32 Å². The first-order chi connectivity index (χ1) is 11.9. The number of amides is 1. The minimum absolute atomic E-state index is 0.176. The molecular weight excluding hydrogens is 387 g/mol. The van der Waals surface area contributed by atoms with Crippen molar-refractivity contribution in [3.8, 4) is 5.69 Å². The lowest BCUT2D eigenvalue weighted by molar-refractivity contribution is 0.0946. The highest BCUT2D eigenvalue weighted by Crippen LogP contribution is 2.24. The second-order valence-electron chi connectivity index (χ2n) is 5.57. The number of carbonyl (C=O) groups excluding carboxylic acids is 1. The van der Waals surface area contributed by atoms with E-state index in [2.05, 4.69) is 10.4 Å². The Morgan fingerprint density at radius 2 is 2.04 bits per heavy atom. The highest BCUT2D eigenvalue weighted by Gasteiger charge is 2.27. The Kier molecular flexibility index (Phi) is 5.33. The van der Waals surface area contributed by atoms with Crippen LogP contribution in [0.25, 0.3) is 5.69 Å². The normalized spacial score (nSPS) is 16.9. The van der Waals surface area contributed by atoms with Gasteiger partial charge in [0.2, 0.25) is 10.0 Å². The average molecular weight is 403 g/mol. The fraction of sp³-hybridized carbons (Fsp3) is 0.333. The van der Waals surface area contributed by atoms with Crippen molar-refractivity contribution in [2.24, 2.45) is 0 Å². The molecule has 0 bridgehead atoms. The summed E-state index contributed by atoms with van der Waals surface area (Å²) >= 11 is 11.9. The fourth-order valence-corrected chi connectivity index (χ4v) is 4.36. The molecule has 1 saturated heterocycles. The molecule has 1 aliphatic heterocycles. The van der Waals surface area contributed by atoms with E-state index in [1.807, 2.05) is 0 Å². The van der Waals surface area contributed by atoms with E-state index >= 15 is 0 Å². The van der Waals surface area contributed by atoms with Gasteiger partial charge in [0.25, 0.3) is 5.91 Å². The Morgan fingerprint density at radius 3 is 2.72 bits per heavy atom. The van der Waals surface area contributed by atoms with Crippen LogP contribution in [-0.4, -0.2) is 53.8 Å². The molecule has 0 saturated carbocycles. The quantitative estimate of drug-likeness (QED) is 0.827. The van der Waals surface area contributed by atoms with Crippen molar-refractivity contribution < 1.29 is 13.2 Å². The lowest BCUT2D eigenvalue weighted by Crippen LogP contribution is -2.36. The van der Waals surface area contributed by atoms with Crippen LogP contribution in [0.2, 0.25) is 10.0 Å². The predicted octanol–water partition coefficient (Wildman–Crippen LogP) is 1.94. The van der Waals surface area contributed by atoms with Crippen molar-refractivity contribution in [3.63, 3.8) is 0 Å². The highest BCUT2D eigenvalue weighted by atomic mass is 35.5. The standard InChI is InChI=1S/C15H16Cl2N4O3S/c16-12-3-2-11(10-13(12)17)21-7-4-14(19-21)15(22)18-5-8-20-6-1-9-25(20,23)24/h2-4,7,10H,1,5-6,8-9H2,(H,18,22). The van der Waals surface area contributed by atoms with E-state index in [9.17, 15) is 13.2 Å². The van der Waals surface area contributed by atoms with E-state index in [1.165, 1.54) is 8.99 Å². The topological polar surface area (TPSA) is 84.3 Å². The Balaban J connectivity index is 1.60. The molecule has 0 radical (unpaired) electrons. The molecule has 1 fully saturated rings. The van der Waals surface area contributed by atoms with Gasteiger partial charge in [-0.15, -0.1) is 0 Å². The third kappa shape index (κ3) is 4.14. The number of carbonyl (C=O) groups is 1. The van der Waals surface area contributed by atoms with Gasteiger partial charge in [-0.2, -0.15) is 5.10 Å². The Morgan fingerprint density at radius 1 is 1.24 bits per heavy atom. The second kappa shape index (κ2) is 7.33. The summed E-state index contributed by atoms with van der Waals surface area (Å²) in [7, 11) is -3.15. The monoisotopic (exact) mass is 402 g/mol. The van der Waals surface area contributed by atoms with Gasteiger partial charge in [0.1, 0.15) is 0 Å². The number of sulfonamides is 1. The Hall–Kier alpha value is -1.61. The van der Waals surface area contributed by atoms with Crippen LogP contribution in [0.5, 0.6) is 0 Å². The smallest absolute Gasteiger partial charge is 0.271 e. The van der Waals surface area contributed by atoms with Gasteiger partial charge in [-0.05, 0) is 30.7 Å². The summed E-state index contributed by atoms with van der Waals surface area (Å²) in [6, 6.07) is 6.61. The molecule has 0 unspecified atom stereocenters. The third-order valence-electron chi connectivity index (χ3n) is 3.84. The van der Waals surface area contributed by atoms with Crippen molar-refractivity contribution in [2.45, 2.75) is 6.42 Å². The van der Waals surface area contributed by atoms with E-state index in [4.69, 9.17) is 23.2 Å². The largest absolute Gasteiger partial charge is 0.349 e. The summed E-state index contributed by atoms with van der Waals surface area (Å²) in [5.41, 5.74) is 0.909. The summed E-state index contributed by atoms with van der Waals surface area (Å²) in [6.45, 7) is 1.00. The highest BCUT2D eigenvalue weighted by molar-refractivity contribution is 7.89. The van der Waals surface area contributed by atoms with Crippen molar-refractivity contribution in [3.05, 3.63) is 46.2 Å². The van der Waals surface area contributed by atoms with Gasteiger partial charge in [0, 0.05) is 25.8 Å². The average Bonchev–Trinajstić information content (AvgIpc) is 3.17. The summed E-state index contributed by atoms with van der Waals surface area (Å²) in [5, 5.41) is 7.72. The molecular formula is C15H16Cl2N4O3S. The van der Waals surface area contributed by atoms with E-state index in [0.717, 1.165) is 0 Å². The molecule has 0 aliphatic carbocycles. The molecule has 1 amide bonds. The van der Waals surface area contributed by atoms with Crippen LogP contribution in [0.15, 0.2) is 30.5 Å². The molecule has 2 heterocycles. The molecule has 10 heteroatoms. The zero-order valence-electron chi connectivity index (χ0n) is 13.2. The van der Waals surface area contributed by atoms with Crippen LogP contribution in [0.1, 0.15) is 16.9 Å². The maximum atomic E-state index is 12.1. The van der Waals surface area contributed by atoms with Crippen molar-refractivity contribution in [1.29, 1.82) is 0 Å². The first-order valence-corrected chi connectivity index (χ1v) is 10.0. The molecule has 134 valence electrons. The lowest BCUT2D eigenvalue weighted by Gasteiger charge is -2.13. The van der Waals surface area contributed by atoms with Gasteiger partial charge >= 0.3 is 0 Å². The predicted molar refractivity (Wildman–Crippen MR) is 95.9 cm³/mol. The van der Waals surface area contributed by atoms with Crippen LogP contribution in [0.3, 0.4) is 0 Å². The molecule has 25 heavy (non-hydrogen) atoms. The summed E-state index contributed by atoms with van der Waals surface area (Å²) in [5.74, 6) is -0.190. The van der Waals surface area contributed by atoms with Gasteiger partial charge in [0.05, 0.1) is 21.5 Å². The van der Waals surface area contributed by atoms with Gasteiger partial charge in [-0.3, -0.25) is 4.79 Å². The number of aromatic nitrogens is 2. The molecule has 0 spiro atoms. The first kappa shape index (κ1) is 18.2. The number of benzene rings is 1. The van der Waals surface area contributed by atoms with Crippen LogP contribution >= 0.6 is 23.2 Å². The third-order valence-corrected chi connectivity index (χ3v) is 6.53. The van der Waals surface area contributed by atoms with E-state index in [0.29, 0.717) is 28.7 Å². The maximum Gasteiger partial charge on any atom is 0.271 e. The summed E-state index contributed by atoms with van der Waals surface area (Å²) < 4.78 is 26.3. The van der Waals surface area contributed by atoms with Gasteiger partial charge in [0.15, 0.2) is 5.69 Å². The zero-order valence-corrected chi connectivity index (χ0v) is 15.5. The van der Waals surface area contributed by atoms with Crippen LogP contribution in [-0.2, 0) is 10.0 Å². The molecule has 1 aromatic carbocycles. The fourth-order valence-electron chi connectivity index (χ4n) is 2.54. The second-order valence-corrected chi connectivity index (χ2v) is 8.47. The van der Waals surface area contributed by atoms with E-state index < -0.39 is 10.0 Å². The zero-order chi connectivity index (χ0) is 18.0. The molecule has 0 atom stereocenters. The minimum atomic E-state index is -3.15. The summed E-state index contributed by atoms with van der Waals surface area (Å²) in [4.78, 5) is 12.1. The number of hydrogen-bond acceptors (Lipinski definition) is 4. The maximum absolute atomic E-state index is 12.1. The van der Waals surface area contributed by atoms with E-state index in [-0.39, 0.29) is 30.4 Å². The first-order valence-electron chi connectivity index (χ1n) is 7.64. The molecule has 1 aromatic heterocycles. The van der Waals surface area contributed by atoms with Gasteiger partial charge in [-0.1, -0.05) is 23.2 Å². The van der Waals surface area contributed by atoms with Crippen molar-refractivity contribution in [2.75, 3.05) is 25.4 Å². The Labute approximate surface area is 155 Å².